The van der Waals surface area contributed by atoms with E-state index in [4.69, 9.17) is 10.2 Å². The predicted octanol–water partition coefficient (Wildman–Crippen LogP) is -0.925. The first kappa shape index (κ1) is 22.7. The lowest BCUT2D eigenvalue weighted by Crippen LogP contribution is -2.49. The maximum atomic E-state index is 11.8. The Morgan fingerprint density at radius 2 is 1.85 bits per heavy atom. The maximum absolute atomic E-state index is 11.8. The fourth-order valence-corrected chi connectivity index (χ4v) is 2.89. The van der Waals surface area contributed by atoms with Crippen molar-refractivity contribution in [2.45, 2.75) is 24.9 Å². The van der Waals surface area contributed by atoms with Gasteiger partial charge in [0.1, 0.15) is 18.6 Å². The normalized spacial score (nSPS) is 17.4. The number of hydroxylamine groups is 1. The summed E-state index contributed by atoms with van der Waals surface area (Å²) in [6, 6.07) is -2.50. The minimum Gasteiger partial charge on any atom is -0.480 e. The predicted molar refractivity (Wildman–Crippen MR) is 88.7 cm³/mol. The van der Waals surface area contributed by atoms with Gasteiger partial charge in [-0.25, -0.2) is 4.57 Å². The highest BCUT2D eigenvalue weighted by Gasteiger charge is 2.41. The van der Waals surface area contributed by atoms with E-state index in [1.807, 2.05) is 5.48 Å². The highest BCUT2D eigenvalue weighted by molar-refractivity contribution is 8.02. The minimum absolute atomic E-state index is 0.101. The summed E-state index contributed by atoms with van der Waals surface area (Å²) in [5.74, 6) is -4.17. The van der Waals surface area contributed by atoms with E-state index in [-0.39, 0.29) is 18.6 Å². The van der Waals surface area contributed by atoms with Crippen LogP contribution >= 0.6 is 32.8 Å². The molecule has 2 amide bonds. The van der Waals surface area contributed by atoms with E-state index in [2.05, 4.69) is 35.8 Å². The Morgan fingerprint density at radius 1 is 1.19 bits per heavy atom. The summed E-state index contributed by atoms with van der Waals surface area (Å²) >= 11 is 4.31. The molecule has 0 saturated carbocycles. The largest absolute Gasteiger partial charge is 0.517 e. The van der Waals surface area contributed by atoms with Gasteiger partial charge in [-0.2, -0.15) is 30.7 Å². The Hall–Kier alpha value is -1.35. The lowest BCUT2D eigenvalue weighted by Gasteiger charge is -2.23. The first-order chi connectivity index (χ1) is 12.2. The van der Waals surface area contributed by atoms with Gasteiger partial charge in [-0.15, -0.1) is 0 Å². The quantitative estimate of drug-likeness (QED) is 0.0961. The van der Waals surface area contributed by atoms with Crippen LogP contribution in [0.3, 0.4) is 0 Å². The Kier molecular flexibility index (Phi) is 9.35. The first-order valence-corrected chi connectivity index (χ1v) is 9.64. The SMILES string of the molecule is O=C(O)CNC(=O)[C@H](CS)NC(=O)CC[C@H](NOP1(=O)OSO1)C(=O)O. The van der Waals surface area contributed by atoms with Crippen molar-refractivity contribution in [2.24, 2.45) is 0 Å². The molecule has 1 heterocycles. The molecule has 0 spiro atoms. The van der Waals surface area contributed by atoms with E-state index in [0.29, 0.717) is 12.3 Å². The number of amides is 2. The molecule has 0 aliphatic carbocycles. The van der Waals surface area contributed by atoms with Crippen LogP contribution in [-0.4, -0.2) is 58.3 Å². The number of phosphoric acid groups is 1. The van der Waals surface area contributed by atoms with E-state index in [1.165, 1.54) is 0 Å². The highest BCUT2D eigenvalue weighted by atomic mass is 32.2. The third kappa shape index (κ3) is 7.90. The number of carbonyl (C=O) groups excluding carboxylic acids is 2. The molecule has 5 N–H and O–H groups in total. The average Bonchev–Trinajstić information content (AvgIpc) is 2.55. The molecule has 148 valence electrons. The number of hydrogen-bond acceptors (Lipinski definition) is 11. The summed E-state index contributed by atoms with van der Waals surface area (Å²) in [7, 11) is -3.81. The van der Waals surface area contributed by atoms with Gasteiger partial charge >= 0.3 is 19.8 Å². The Labute approximate surface area is 156 Å². The van der Waals surface area contributed by atoms with Crippen LogP contribution in [0.4, 0.5) is 0 Å². The van der Waals surface area contributed by atoms with Gasteiger partial charge in [-0.3, -0.25) is 19.2 Å². The van der Waals surface area contributed by atoms with Gasteiger partial charge in [-0.1, -0.05) is 0 Å². The molecule has 1 fully saturated rings. The number of aliphatic carboxylic acids is 2. The van der Waals surface area contributed by atoms with Crippen LogP contribution in [0.25, 0.3) is 0 Å². The van der Waals surface area contributed by atoms with Crippen LogP contribution in [0.1, 0.15) is 12.8 Å². The fraction of sp³-hybridized carbons (Fsp3) is 0.600. The molecule has 16 heteroatoms. The Balaban J connectivity index is 2.42. The van der Waals surface area contributed by atoms with Crippen molar-refractivity contribution in [3.8, 4) is 0 Å². The summed E-state index contributed by atoms with van der Waals surface area (Å²) in [5, 5.41) is 21.9. The summed E-state index contributed by atoms with van der Waals surface area (Å²) in [6.07, 6.45) is -0.602. The molecule has 0 unspecified atom stereocenters. The van der Waals surface area contributed by atoms with Gasteiger partial charge in [0.15, 0.2) is 12.3 Å². The summed E-state index contributed by atoms with van der Waals surface area (Å²) in [5.41, 5.74) is 1.97. The van der Waals surface area contributed by atoms with Gasteiger partial charge in [-0.05, 0) is 6.42 Å². The van der Waals surface area contributed by atoms with Gasteiger partial charge in [0.25, 0.3) is 0 Å². The Bertz CT molecular complexity index is 598. The molecule has 1 aliphatic rings. The second-order valence-electron chi connectivity index (χ2n) is 4.72. The molecular formula is C10H16N3O10PS2. The lowest BCUT2D eigenvalue weighted by molar-refractivity contribution is -0.142. The first-order valence-electron chi connectivity index (χ1n) is 6.88. The van der Waals surface area contributed by atoms with E-state index >= 15 is 0 Å². The zero-order chi connectivity index (χ0) is 19.7. The average molecular weight is 433 g/mol. The molecule has 13 nitrogen and oxygen atoms in total. The van der Waals surface area contributed by atoms with Crippen molar-refractivity contribution in [1.29, 1.82) is 0 Å². The van der Waals surface area contributed by atoms with Crippen LogP contribution in [-0.2, 0) is 36.3 Å². The number of carbonyl (C=O) groups is 4. The number of carboxylic acids is 2. The molecule has 1 rings (SSSR count). The molecule has 1 aliphatic heterocycles. The number of thiol groups is 1. The molecule has 1 saturated heterocycles. The molecule has 0 radical (unpaired) electrons. The lowest BCUT2D eigenvalue weighted by atomic mass is 10.1. The summed E-state index contributed by atoms with van der Waals surface area (Å²) < 4.78 is 24.7. The van der Waals surface area contributed by atoms with Crippen LogP contribution in [0.15, 0.2) is 0 Å². The maximum Gasteiger partial charge on any atom is 0.517 e. The standard InChI is InChI=1S/C10H16N3O10PS2/c14-7(12-6(4-25)9(17)11-3-8(15)16)2-1-5(10(18)19)13-21-24(20)22-26-23-24/h5-6,13,25H,1-4H2,(H,11,17)(H,12,14)(H,15,16)(H,18,19)/t5-,6-/m0/s1. The third-order valence-electron chi connectivity index (χ3n) is 2.76. The fourth-order valence-electron chi connectivity index (χ4n) is 1.49. The van der Waals surface area contributed by atoms with E-state index < -0.39 is 50.2 Å². The smallest absolute Gasteiger partial charge is 0.480 e. The second kappa shape index (κ2) is 10.7. The number of nitrogens with one attached hydrogen (secondary N) is 3. The zero-order valence-corrected chi connectivity index (χ0v) is 15.6. The molecule has 26 heavy (non-hydrogen) atoms. The summed E-state index contributed by atoms with van der Waals surface area (Å²) in [6.45, 7) is -0.621. The van der Waals surface area contributed by atoms with Crippen molar-refractivity contribution in [3.05, 3.63) is 0 Å². The van der Waals surface area contributed by atoms with Crippen molar-refractivity contribution in [3.63, 3.8) is 0 Å². The molecule has 0 bridgehead atoms. The number of hydrogen-bond donors (Lipinski definition) is 6. The van der Waals surface area contributed by atoms with E-state index in [9.17, 15) is 23.7 Å². The van der Waals surface area contributed by atoms with Gasteiger partial charge in [0.05, 0.1) is 0 Å². The van der Waals surface area contributed by atoms with Gasteiger partial charge in [0, 0.05) is 12.2 Å². The topological polar surface area (TPSA) is 190 Å². The monoisotopic (exact) mass is 433 g/mol. The molecule has 0 aromatic carbocycles. The molecular weight excluding hydrogens is 417 g/mol. The van der Waals surface area contributed by atoms with Crippen molar-refractivity contribution >= 4 is 56.5 Å². The highest BCUT2D eigenvalue weighted by Crippen LogP contribution is 2.64. The molecule has 0 aromatic heterocycles. The Morgan fingerprint density at radius 3 is 2.31 bits per heavy atom. The van der Waals surface area contributed by atoms with Gasteiger partial charge in [0.2, 0.25) is 11.8 Å². The second-order valence-corrected chi connectivity index (χ2v) is 7.49. The number of rotatable bonds is 12. The third-order valence-corrected chi connectivity index (χ3v) is 5.40. The number of carboxylic acid groups (broad SMARTS) is 2. The zero-order valence-electron chi connectivity index (χ0n) is 12.9. The molecule has 0 aromatic rings. The summed E-state index contributed by atoms with van der Waals surface area (Å²) in [4.78, 5) is 45.0. The minimum atomic E-state index is -3.81. The van der Waals surface area contributed by atoms with Crippen LogP contribution in [0, 0.1) is 0 Å². The van der Waals surface area contributed by atoms with Gasteiger partial charge < -0.3 is 20.8 Å². The van der Waals surface area contributed by atoms with Crippen LogP contribution in [0.5, 0.6) is 0 Å². The van der Waals surface area contributed by atoms with E-state index in [0.717, 1.165) is 0 Å². The van der Waals surface area contributed by atoms with Crippen LogP contribution < -0.4 is 16.1 Å². The van der Waals surface area contributed by atoms with Crippen molar-refractivity contribution in [1.82, 2.24) is 16.1 Å². The van der Waals surface area contributed by atoms with Crippen molar-refractivity contribution in [2.75, 3.05) is 12.3 Å². The molecule has 2 atom stereocenters. The van der Waals surface area contributed by atoms with Crippen LogP contribution in [0.2, 0.25) is 0 Å². The van der Waals surface area contributed by atoms with E-state index in [1.54, 1.807) is 0 Å². The van der Waals surface area contributed by atoms with Crippen molar-refractivity contribution < 1.29 is 46.5 Å².